The fourth-order valence-corrected chi connectivity index (χ4v) is 10.2. The van der Waals surface area contributed by atoms with Crippen LogP contribution >= 0.6 is 11.3 Å². The maximum absolute atomic E-state index is 14.7. The molecule has 1 saturated heterocycles. The third kappa shape index (κ3) is 9.43. The van der Waals surface area contributed by atoms with Gasteiger partial charge in [0.1, 0.15) is 35.5 Å². The number of carbonyl (C=O) groups excluding carboxylic acids is 4. The molecule has 0 bridgehead atoms. The Labute approximate surface area is 347 Å². The molecule has 2 aromatic heterocycles. The summed E-state index contributed by atoms with van der Waals surface area (Å²) in [6, 6.07) is 17.6. The Morgan fingerprint density at radius 3 is 2.41 bits per heavy atom. The molecule has 59 heavy (non-hydrogen) atoms. The van der Waals surface area contributed by atoms with Gasteiger partial charge in [-0.2, -0.15) is 0 Å². The summed E-state index contributed by atoms with van der Waals surface area (Å²) in [5.74, 6) is -2.61. The van der Waals surface area contributed by atoms with Crippen LogP contribution in [0.2, 0.25) is 0 Å². The lowest BCUT2D eigenvalue weighted by molar-refractivity contribution is -0.141. The number of alkyl carbamates (subject to hydrolysis) is 1. The smallest absolute Gasteiger partial charge is 0.408 e. The molecule has 3 N–H and O–H groups in total. The first-order valence-electron chi connectivity index (χ1n) is 20.4. The second kappa shape index (κ2) is 17.5. The van der Waals surface area contributed by atoms with Gasteiger partial charge in [-0.25, -0.2) is 23.2 Å². The normalized spacial score (nSPS) is 25.8. The van der Waals surface area contributed by atoms with Crippen LogP contribution in [0, 0.1) is 5.92 Å². The van der Waals surface area contributed by atoms with Crippen LogP contribution in [0.3, 0.4) is 0 Å². The molecule has 2 aliphatic carbocycles. The number of rotatable bonds is 9. The summed E-state index contributed by atoms with van der Waals surface area (Å²) in [6.07, 6.45) is 9.05. The monoisotopic (exact) mass is 840 g/mol. The maximum atomic E-state index is 14.7. The Kier molecular flexibility index (Phi) is 12.0. The van der Waals surface area contributed by atoms with Gasteiger partial charge in [0.15, 0.2) is 0 Å². The van der Waals surface area contributed by atoms with Gasteiger partial charge >= 0.3 is 6.09 Å². The largest absolute Gasteiger partial charge is 0.471 e. The van der Waals surface area contributed by atoms with Gasteiger partial charge in [-0.15, -0.1) is 11.3 Å². The number of thiophene rings is 1. The summed E-state index contributed by atoms with van der Waals surface area (Å²) in [5.41, 5.74) is 0.746. The zero-order chi connectivity index (χ0) is 41.0. The van der Waals surface area contributed by atoms with E-state index in [1.54, 1.807) is 30.3 Å². The summed E-state index contributed by atoms with van der Waals surface area (Å²) < 4.78 is 41.1. The molecule has 3 fully saturated rings. The van der Waals surface area contributed by atoms with Crippen molar-refractivity contribution in [2.45, 2.75) is 106 Å². The van der Waals surface area contributed by atoms with Gasteiger partial charge in [-0.05, 0) is 80.5 Å². The van der Waals surface area contributed by atoms with E-state index in [1.165, 1.54) is 16.2 Å². The van der Waals surface area contributed by atoms with Crippen LogP contribution in [-0.2, 0) is 34.9 Å². The van der Waals surface area contributed by atoms with Crippen LogP contribution < -0.4 is 20.1 Å². The van der Waals surface area contributed by atoms with E-state index in [0.717, 1.165) is 43.4 Å². The van der Waals surface area contributed by atoms with E-state index in [0.29, 0.717) is 41.6 Å². The number of ether oxygens (including phenoxy) is 2. The Morgan fingerprint density at radius 2 is 1.64 bits per heavy atom. The summed E-state index contributed by atoms with van der Waals surface area (Å²) in [5, 5.41) is 7.66. The van der Waals surface area contributed by atoms with Gasteiger partial charge < -0.3 is 25.0 Å². The van der Waals surface area contributed by atoms with E-state index in [1.807, 2.05) is 53.9 Å². The van der Waals surface area contributed by atoms with Gasteiger partial charge in [0, 0.05) is 12.3 Å². The van der Waals surface area contributed by atoms with Gasteiger partial charge in [0.05, 0.1) is 28.2 Å². The van der Waals surface area contributed by atoms with Crippen molar-refractivity contribution in [2.24, 2.45) is 5.92 Å². The molecule has 2 saturated carbocycles. The highest BCUT2D eigenvalue weighted by molar-refractivity contribution is 7.89. The van der Waals surface area contributed by atoms with Gasteiger partial charge in [0.2, 0.25) is 27.7 Å². The Bertz CT molecular complexity index is 2320. The van der Waals surface area contributed by atoms with Gasteiger partial charge in [-0.3, -0.25) is 19.1 Å². The van der Waals surface area contributed by atoms with E-state index in [9.17, 15) is 27.6 Å². The number of nitrogens with one attached hydrogen (secondary N) is 3. The van der Waals surface area contributed by atoms with Crippen molar-refractivity contribution in [3.8, 4) is 16.5 Å². The number of aromatic nitrogens is 2. The van der Waals surface area contributed by atoms with E-state index in [2.05, 4.69) is 15.4 Å². The number of carbonyl (C=O) groups is 4. The molecule has 14 nitrogen and oxygen atoms in total. The fourth-order valence-electron chi connectivity index (χ4n) is 8.36. The predicted octanol–water partition coefficient (Wildman–Crippen LogP) is 5.79. The Balaban J connectivity index is 1.09. The lowest BCUT2D eigenvalue weighted by Crippen LogP contribution is -2.58. The number of hydrogen-bond acceptors (Lipinski definition) is 11. The van der Waals surface area contributed by atoms with Crippen molar-refractivity contribution in [3.05, 3.63) is 89.8 Å². The fraction of sp³-hybridized carbons (Fsp3) is 0.442. The van der Waals surface area contributed by atoms with E-state index >= 15 is 0 Å². The molecule has 2 aromatic carbocycles. The number of fused-ring (bicyclic) bond motifs is 3. The minimum atomic E-state index is -4.14. The van der Waals surface area contributed by atoms with Crippen LogP contribution in [-0.4, -0.2) is 83.5 Å². The first-order chi connectivity index (χ1) is 28.6. The number of hydrogen-bond donors (Lipinski definition) is 3. The number of amides is 4. The number of benzene rings is 2. The highest BCUT2D eigenvalue weighted by Crippen LogP contribution is 2.46. The number of nitrogens with zero attached hydrogens (tertiary/aromatic N) is 3. The molecule has 4 aliphatic rings. The standard InChI is InChI=1S/C43H48N6O8S2/c50-38-35-24-31(56-39-37(36-22-13-23-58-36)44-32-19-11-12-20-33(32)45-39)26-49(35)40(51)34(46-42(53)57-30-17-9-10-18-30)21-8-3-1-2-7-16-29-25-43(29,47-38)41(52)48-59(54,55)27-28-14-5-4-6-15-28/h4-7,11-16,19-20,22-23,29-31,34-35H,1-3,8-10,17-18,21,24-27H2,(H,46,53)(H,47,50)(H,48,52)/b16-7-/t29?,31-,34+,35+,43-/m1/s1. The molecule has 310 valence electrons. The van der Waals surface area contributed by atoms with E-state index in [4.69, 9.17) is 19.4 Å². The third-order valence-corrected chi connectivity index (χ3v) is 13.6. The van der Waals surface area contributed by atoms with E-state index in [-0.39, 0.29) is 31.4 Å². The zero-order valence-electron chi connectivity index (χ0n) is 32.6. The molecule has 0 radical (unpaired) electrons. The van der Waals surface area contributed by atoms with Gasteiger partial charge in [0.25, 0.3) is 5.91 Å². The molecule has 5 atom stereocenters. The molecule has 0 spiro atoms. The minimum absolute atomic E-state index is 0.0275. The Hall–Kier alpha value is -5.35. The molecule has 4 heterocycles. The van der Waals surface area contributed by atoms with Crippen LogP contribution in [0.25, 0.3) is 21.6 Å². The number of allylic oxidation sites excluding steroid dienone is 1. The van der Waals surface area contributed by atoms with Crippen LogP contribution in [0.4, 0.5) is 4.79 Å². The molecule has 8 rings (SSSR count). The minimum Gasteiger partial charge on any atom is -0.471 e. The van der Waals surface area contributed by atoms with Crippen molar-refractivity contribution < 1.29 is 37.1 Å². The number of sulfonamides is 1. The summed E-state index contributed by atoms with van der Waals surface area (Å²) in [7, 11) is -4.14. The van der Waals surface area contributed by atoms with Crippen molar-refractivity contribution in [2.75, 3.05) is 6.54 Å². The van der Waals surface area contributed by atoms with Crippen LogP contribution in [0.1, 0.15) is 76.2 Å². The lowest BCUT2D eigenvalue weighted by atomic mass is 10.0. The summed E-state index contributed by atoms with van der Waals surface area (Å²) in [6.45, 7) is -0.0286. The molecule has 4 amide bonds. The van der Waals surface area contributed by atoms with Crippen LogP contribution in [0.5, 0.6) is 5.88 Å². The second-order valence-electron chi connectivity index (χ2n) is 15.8. The molecule has 1 unspecified atom stereocenters. The van der Waals surface area contributed by atoms with Crippen molar-refractivity contribution in [1.29, 1.82) is 0 Å². The zero-order valence-corrected chi connectivity index (χ0v) is 34.2. The highest BCUT2D eigenvalue weighted by atomic mass is 32.2. The summed E-state index contributed by atoms with van der Waals surface area (Å²) in [4.78, 5) is 68.5. The molecular formula is C43H48N6O8S2. The van der Waals surface area contributed by atoms with Crippen molar-refractivity contribution in [3.63, 3.8) is 0 Å². The first-order valence-corrected chi connectivity index (χ1v) is 22.9. The highest BCUT2D eigenvalue weighted by Gasteiger charge is 2.61. The lowest BCUT2D eigenvalue weighted by Gasteiger charge is -2.30. The van der Waals surface area contributed by atoms with Crippen molar-refractivity contribution >= 4 is 56.2 Å². The van der Waals surface area contributed by atoms with Crippen LogP contribution in [0.15, 0.2) is 84.3 Å². The quantitative estimate of drug-likeness (QED) is 0.174. The third-order valence-electron chi connectivity index (χ3n) is 11.5. The average molecular weight is 841 g/mol. The Morgan fingerprint density at radius 1 is 0.898 bits per heavy atom. The first kappa shape index (κ1) is 40.4. The maximum Gasteiger partial charge on any atom is 0.408 e. The molecule has 4 aromatic rings. The average Bonchev–Trinajstić information content (AvgIpc) is 3.71. The van der Waals surface area contributed by atoms with E-state index < -0.39 is 69.2 Å². The molecular weight excluding hydrogens is 793 g/mol. The summed E-state index contributed by atoms with van der Waals surface area (Å²) >= 11 is 1.48. The molecule has 2 aliphatic heterocycles. The second-order valence-corrected chi connectivity index (χ2v) is 18.5. The number of para-hydroxylation sites is 2. The SMILES string of the molecule is O=C(N[C@H]1CCCCC/C=C\C2C[C@@]2(C(=O)NS(=O)(=O)Cc2ccccc2)NC(=O)[C@@H]2C[C@@H](Oc3nc4ccccc4nc3-c3cccs3)CN2C1=O)OC1CCCC1. The topological polar surface area (TPSA) is 186 Å². The molecule has 16 heteroatoms. The predicted molar refractivity (Wildman–Crippen MR) is 221 cm³/mol. The van der Waals surface area contributed by atoms with Gasteiger partial charge in [-0.1, -0.05) is 73.5 Å². The van der Waals surface area contributed by atoms with Crippen molar-refractivity contribution in [1.82, 2.24) is 30.2 Å².